The zero-order chi connectivity index (χ0) is 32.5. The molecule has 3 aromatic heterocycles. The van der Waals surface area contributed by atoms with E-state index < -0.39 is 0 Å². The van der Waals surface area contributed by atoms with E-state index in [4.69, 9.17) is 50.7 Å². The molecule has 0 radical (unpaired) electrons. The fourth-order valence-corrected chi connectivity index (χ4v) is 6.81. The van der Waals surface area contributed by atoms with Crippen LogP contribution in [0.5, 0.6) is 5.75 Å². The number of benzene rings is 5. The number of hydrogen-bond acceptors (Lipinski definition) is 7. The third-order valence-corrected chi connectivity index (χ3v) is 9.20. The maximum atomic E-state index is 6.22. The van der Waals surface area contributed by atoms with Crippen LogP contribution in [0.4, 0.5) is 0 Å². The number of ether oxygens (including phenoxy) is 1. The Balaban J connectivity index is 1.29. The predicted molar refractivity (Wildman–Crippen MR) is 186 cm³/mol. The third kappa shape index (κ3) is 4.61. The van der Waals surface area contributed by atoms with E-state index in [0.29, 0.717) is 62.7 Å². The molecule has 0 amide bonds. The predicted octanol–water partition coefficient (Wildman–Crippen LogP) is 7.62. The quantitative estimate of drug-likeness (QED) is 0.184. The number of rotatable bonds is 3. The van der Waals surface area contributed by atoms with Gasteiger partial charge < -0.3 is 0 Å². The van der Waals surface area contributed by atoms with Crippen LogP contribution in [-0.4, -0.2) is 39.9 Å². The molecule has 0 spiro atoms. The molecule has 0 unspecified atom stereocenters. The van der Waals surface area contributed by atoms with Gasteiger partial charge >= 0.3 is 246 Å². The fourth-order valence-electron chi connectivity index (χ4n) is 6.48. The van der Waals surface area contributed by atoms with Crippen LogP contribution in [0.15, 0.2) is 115 Å². The molecule has 2 aliphatic heterocycles. The molecule has 8 bridgehead atoms. The Morgan fingerprint density at radius 2 is 1.00 bits per heavy atom. The van der Waals surface area contributed by atoms with Crippen molar-refractivity contribution in [1.82, 2.24) is 39.9 Å². The van der Waals surface area contributed by atoms with Gasteiger partial charge in [0.25, 0.3) is 0 Å². The van der Waals surface area contributed by atoms with Gasteiger partial charge in [-0.3, -0.25) is 0 Å². The Morgan fingerprint density at radius 1 is 0.469 bits per heavy atom. The van der Waals surface area contributed by atoms with Crippen LogP contribution in [0.2, 0.25) is 0 Å². The molecule has 10 heteroatoms. The molecule has 236 valence electrons. The van der Waals surface area contributed by atoms with Gasteiger partial charge in [0.05, 0.1) is 0 Å². The number of nitrogens with zero attached hydrogens (tertiary/aromatic N) is 6. The molecular formula is C39H23CuN8O. The molecule has 9 nitrogen and oxygen atoms in total. The second-order valence-corrected chi connectivity index (χ2v) is 12.3. The number of hydrogen-bond donors (Lipinski definition) is 2. The number of aromatic amines is 2. The molecule has 0 atom stereocenters. The first kappa shape index (κ1) is 27.9. The second kappa shape index (κ2) is 10.9. The third-order valence-electron chi connectivity index (χ3n) is 8.81. The molecule has 8 aromatic rings. The molecule has 0 aliphatic carbocycles. The SMILES string of the molecule is [Cu][c]1cccc2c3nc4nc(nc5[nH]c(nc6nc(nc([nH]3)c12)-c1ccccc1-6)c1ccccc51)-c1cc(OCc2ccccc2)ccc1-4. The first-order valence-corrected chi connectivity index (χ1v) is 16.2. The van der Waals surface area contributed by atoms with Crippen molar-refractivity contribution in [2.75, 3.05) is 0 Å². The Labute approximate surface area is 287 Å². The Hall–Kier alpha value is -6.22. The van der Waals surface area contributed by atoms with Crippen LogP contribution in [0.3, 0.4) is 0 Å². The Kier molecular flexibility index (Phi) is 6.20. The van der Waals surface area contributed by atoms with Crippen molar-refractivity contribution >= 4 is 48.6 Å². The molecule has 0 fully saturated rings. The van der Waals surface area contributed by atoms with E-state index >= 15 is 0 Å². The van der Waals surface area contributed by atoms with Crippen LogP contribution in [0, 0.1) is 0 Å². The van der Waals surface area contributed by atoms with Crippen molar-refractivity contribution in [3.63, 3.8) is 0 Å². The minimum atomic E-state index is 0.437. The molecular weight excluding hydrogens is 660 g/mol. The molecule has 49 heavy (non-hydrogen) atoms. The number of fused-ring (bicyclic) bond motifs is 20. The van der Waals surface area contributed by atoms with Crippen molar-refractivity contribution in [2.24, 2.45) is 0 Å². The summed E-state index contributed by atoms with van der Waals surface area (Å²) in [7, 11) is 0. The number of H-pyrrole nitrogens is 2. The van der Waals surface area contributed by atoms with Crippen molar-refractivity contribution in [3.8, 4) is 51.3 Å². The topological polar surface area (TPSA) is 118 Å². The van der Waals surface area contributed by atoms with Gasteiger partial charge in [0.1, 0.15) is 0 Å². The summed E-state index contributed by atoms with van der Waals surface area (Å²) in [6.45, 7) is 0.437. The molecule has 2 aliphatic rings. The molecule has 0 saturated heterocycles. The standard InChI is InChI=1S/C39H23N8O.Cu/c1-2-10-22(11-3-1)21-48-23-18-19-30-31(20-23)39-46-37-29-17-9-8-16-28(29)35(44-37)42-33-25-13-5-4-12-24(25)32(40-33)41-34-26-14-6-7-15-27(26)36(43-34)45-38(30)47-39;/h1-13,15-20H,21H2,(H2,40,41,42,43,44,45,46,47);. The zero-order valence-corrected chi connectivity index (χ0v) is 26.5. The molecule has 5 heterocycles. The minimum absolute atomic E-state index is 0.437. The molecule has 2 N–H and O–H groups in total. The summed E-state index contributed by atoms with van der Waals surface area (Å²) in [6, 6.07) is 37.8. The Morgan fingerprint density at radius 3 is 1.69 bits per heavy atom. The number of nitrogens with one attached hydrogen (secondary N) is 2. The van der Waals surface area contributed by atoms with Crippen molar-refractivity contribution < 1.29 is 20.7 Å². The summed E-state index contributed by atoms with van der Waals surface area (Å²) in [4.78, 5) is 37.2. The average molecular weight is 683 g/mol. The van der Waals surface area contributed by atoms with Gasteiger partial charge in [0, 0.05) is 0 Å². The van der Waals surface area contributed by atoms with Gasteiger partial charge in [-0.05, 0) is 5.56 Å². The average Bonchev–Trinajstić information content (AvgIpc) is 3.87. The van der Waals surface area contributed by atoms with E-state index in [0.717, 1.165) is 49.4 Å². The van der Waals surface area contributed by atoms with E-state index in [-0.39, 0.29) is 0 Å². The molecule has 5 aromatic carbocycles. The first-order chi connectivity index (χ1) is 24.2. The van der Waals surface area contributed by atoms with E-state index in [1.807, 2.05) is 115 Å². The maximum absolute atomic E-state index is 6.22. The van der Waals surface area contributed by atoms with Gasteiger partial charge in [-0.2, -0.15) is 0 Å². The summed E-state index contributed by atoms with van der Waals surface area (Å²) in [5.74, 6) is 2.81. The summed E-state index contributed by atoms with van der Waals surface area (Å²) in [5, 5.41) is 3.45. The Bertz CT molecular complexity index is 2810. The summed E-state index contributed by atoms with van der Waals surface area (Å²) in [6.07, 6.45) is 0. The van der Waals surface area contributed by atoms with Crippen LogP contribution in [-0.2, 0) is 22.6 Å². The van der Waals surface area contributed by atoms with Gasteiger partial charge in [-0.1, -0.05) is 36.4 Å². The van der Waals surface area contributed by atoms with Crippen LogP contribution in [0.25, 0.3) is 89.7 Å². The van der Waals surface area contributed by atoms with E-state index in [9.17, 15) is 0 Å². The van der Waals surface area contributed by atoms with E-state index in [1.54, 1.807) is 0 Å². The zero-order valence-electron chi connectivity index (χ0n) is 25.6. The van der Waals surface area contributed by atoms with Crippen LogP contribution >= 0.6 is 0 Å². The van der Waals surface area contributed by atoms with E-state index in [1.165, 1.54) is 0 Å². The van der Waals surface area contributed by atoms with E-state index in [2.05, 4.69) is 9.97 Å². The number of aromatic nitrogens is 8. The van der Waals surface area contributed by atoms with Crippen molar-refractivity contribution in [3.05, 3.63) is 121 Å². The fraction of sp³-hybridized carbons (Fsp3) is 0.0256. The van der Waals surface area contributed by atoms with Gasteiger partial charge in [0.2, 0.25) is 0 Å². The normalized spacial score (nSPS) is 11.9. The van der Waals surface area contributed by atoms with Crippen LogP contribution < -0.4 is 9.20 Å². The summed E-state index contributed by atoms with van der Waals surface area (Å²) in [5.41, 5.74) is 6.92. The van der Waals surface area contributed by atoms with Crippen molar-refractivity contribution in [1.29, 1.82) is 0 Å². The van der Waals surface area contributed by atoms with Gasteiger partial charge in [0.15, 0.2) is 0 Å². The molecule has 10 rings (SSSR count). The summed E-state index contributed by atoms with van der Waals surface area (Å²) >= 11 is 6.00. The van der Waals surface area contributed by atoms with Gasteiger partial charge in [-0.15, -0.1) is 0 Å². The second-order valence-electron chi connectivity index (χ2n) is 11.8. The molecule has 0 saturated carbocycles. The van der Waals surface area contributed by atoms with Crippen LogP contribution in [0.1, 0.15) is 5.56 Å². The van der Waals surface area contributed by atoms with Gasteiger partial charge in [-0.25, -0.2) is 0 Å². The summed E-state index contributed by atoms with van der Waals surface area (Å²) < 4.78 is 6.86. The van der Waals surface area contributed by atoms with Crippen molar-refractivity contribution in [2.45, 2.75) is 6.61 Å². The monoisotopic (exact) mass is 682 g/mol. The first-order valence-electron chi connectivity index (χ1n) is 15.7.